The molecule has 172 valence electrons. The van der Waals surface area contributed by atoms with Crippen LogP contribution in [0, 0.1) is 0 Å². The van der Waals surface area contributed by atoms with Crippen molar-refractivity contribution >= 4 is 17.9 Å². The summed E-state index contributed by atoms with van der Waals surface area (Å²) in [6.07, 6.45) is -0.105. The minimum Gasteiger partial charge on any atom is -0.422 e. The summed E-state index contributed by atoms with van der Waals surface area (Å²) in [6.45, 7) is 2.62. The lowest BCUT2D eigenvalue weighted by Gasteiger charge is -2.35. The van der Waals surface area contributed by atoms with E-state index in [0.717, 1.165) is 21.6 Å². The van der Waals surface area contributed by atoms with Crippen molar-refractivity contribution < 1.29 is 19.1 Å². The van der Waals surface area contributed by atoms with E-state index in [2.05, 4.69) is 6.07 Å². The zero-order valence-corrected chi connectivity index (χ0v) is 19.0. The molecule has 1 saturated heterocycles. The van der Waals surface area contributed by atoms with Crippen molar-refractivity contribution in [2.75, 3.05) is 6.54 Å². The van der Waals surface area contributed by atoms with Gasteiger partial charge in [-0.3, -0.25) is 9.59 Å². The van der Waals surface area contributed by atoms with Gasteiger partial charge in [-0.2, -0.15) is 0 Å². The number of ether oxygens (including phenoxy) is 1. The van der Waals surface area contributed by atoms with Crippen LogP contribution in [0.15, 0.2) is 84.9 Å². The fraction of sp³-hybridized carbons (Fsp3) is 0.250. The standard InChI is InChI=1S/C28H26N2O4/c1-20(22-12-6-3-7-13-22)30-26(32)28(34-27(30)33,18-21-10-4-2-5-11-21)25(31)29-17-16-23-14-8-9-15-24(23)19-29/h2-15,20H,16-19H2,1H3/t20-,28?/m1/s1. The number of amides is 3. The van der Waals surface area contributed by atoms with Gasteiger partial charge >= 0.3 is 6.09 Å². The molecule has 0 N–H and O–H groups in total. The molecule has 2 aliphatic heterocycles. The molecule has 6 nitrogen and oxygen atoms in total. The van der Waals surface area contributed by atoms with Crippen molar-refractivity contribution in [3.63, 3.8) is 0 Å². The van der Waals surface area contributed by atoms with E-state index >= 15 is 0 Å². The van der Waals surface area contributed by atoms with E-state index in [9.17, 15) is 14.4 Å². The van der Waals surface area contributed by atoms with Crippen LogP contribution in [-0.2, 0) is 33.7 Å². The highest BCUT2D eigenvalue weighted by Gasteiger charge is 2.61. The fourth-order valence-corrected chi connectivity index (χ4v) is 4.86. The molecule has 3 aromatic rings. The van der Waals surface area contributed by atoms with Gasteiger partial charge in [-0.15, -0.1) is 0 Å². The molecular weight excluding hydrogens is 428 g/mol. The molecule has 1 fully saturated rings. The number of hydrogen-bond acceptors (Lipinski definition) is 4. The number of imide groups is 1. The van der Waals surface area contributed by atoms with Crippen LogP contribution in [0.25, 0.3) is 0 Å². The van der Waals surface area contributed by atoms with E-state index in [-0.39, 0.29) is 6.42 Å². The number of carbonyl (C=O) groups is 3. The first-order valence-electron chi connectivity index (χ1n) is 11.5. The van der Waals surface area contributed by atoms with Gasteiger partial charge in [0.2, 0.25) is 0 Å². The minimum absolute atomic E-state index is 0.00654. The average molecular weight is 455 g/mol. The number of cyclic esters (lactones) is 1. The zero-order chi connectivity index (χ0) is 23.7. The molecule has 0 aromatic heterocycles. The quantitative estimate of drug-likeness (QED) is 0.540. The molecule has 5 rings (SSSR count). The fourth-order valence-electron chi connectivity index (χ4n) is 4.86. The van der Waals surface area contributed by atoms with E-state index < -0.39 is 29.6 Å². The predicted octanol–water partition coefficient (Wildman–Crippen LogP) is 4.29. The minimum atomic E-state index is -1.92. The van der Waals surface area contributed by atoms with Gasteiger partial charge in [-0.05, 0) is 35.6 Å². The van der Waals surface area contributed by atoms with Crippen molar-refractivity contribution in [1.29, 1.82) is 0 Å². The summed E-state index contributed by atoms with van der Waals surface area (Å²) in [6, 6.07) is 25.9. The lowest BCUT2D eigenvalue weighted by molar-refractivity contribution is -0.158. The maximum absolute atomic E-state index is 14.0. The van der Waals surface area contributed by atoms with Crippen LogP contribution in [0.5, 0.6) is 0 Å². The molecule has 3 amide bonds. The van der Waals surface area contributed by atoms with Gasteiger partial charge in [0.25, 0.3) is 17.4 Å². The van der Waals surface area contributed by atoms with Crippen LogP contribution in [-0.4, -0.2) is 39.9 Å². The van der Waals surface area contributed by atoms with E-state index in [1.807, 2.05) is 78.9 Å². The Kier molecular flexibility index (Phi) is 5.65. The van der Waals surface area contributed by atoms with Crippen LogP contribution in [0.3, 0.4) is 0 Å². The Morgan fingerprint density at radius 2 is 1.53 bits per heavy atom. The lowest BCUT2D eigenvalue weighted by atomic mass is 9.89. The van der Waals surface area contributed by atoms with Crippen molar-refractivity contribution in [3.8, 4) is 0 Å². The Bertz CT molecular complexity index is 1230. The molecule has 2 atom stereocenters. The maximum Gasteiger partial charge on any atom is 0.418 e. The van der Waals surface area contributed by atoms with Crippen LogP contribution in [0.2, 0.25) is 0 Å². The summed E-state index contributed by atoms with van der Waals surface area (Å²) in [4.78, 5) is 43.8. The summed E-state index contributed by atoms with van der Waals surface area (Å²) in [5, 5.41) is 0. The predicted molar refractivity (Wildman–Crippen MR) is 127 cm³/mol. The van der Waals surface area contributed by atoms with Gasteiger partial charge in [0, 0.05) is 19.5 Å². The van der Waals surface area contributed by atoms with Crippen molar-refractivity contribution in [2.45, 2.75) is 38.0 Å². The van der Waals surface area contributed by atoms with E-state index in [4.69, 9.17) is 4.74 Å². The third kappa shape index (κ3) is 3.75. The smallest absolute Gasteiger partial charge is 0.418 e. The molecule has 1 unspecified atom stereocenters. The Hall–Kier alpha value is -3.93. The van der Waals surface area contributed by atoms with Crippen LogP contribution in [0.4, 0.5) is 4.79 Å². The zero-order valence-electron chi connectivity index (χ0n) is 19.0. The highest BCUT2D eigenvalue weighted by molar-refractivity contribution is 6.17. The lowest BCUT2D eigenvalue weighted by Crippen LogP contribution is -2.57. The second-order valence-electron chi connectivity index (χ2n) is 8.86. The summed E-state index contributed by atoms with van der Waals surface area (Å²) in [5.74, 6) is -1.08. The monoisotopic (exact) mass is 454 g/mol. The van der Waals surface area contributed by atoms with Crippen molar-refractivity contribution in [2.24, 2.45) is 0 Å². The third-order valence-corrected chi connectivity index (χ3v) is 6.75. The number of nitrogens with zero attached hydrogens (tertiary/aromatic N) is 2. The Morgan fingerprint density at radius 3 is 2.24 bits per heavy atom. The number of carbonyl (C=O) groups excluding carboxylic acids is 3. The molecule has 2 heterocycles. The topological polar surface area (TPSA) is 66.9 Å². The summed E-state index contributed by atoms with van der Waals surface area (Å²) >= 11 is 0. The number of fused-ring (bicyclic) bond motifs is 1. The largest absolute Gasteiger partial charge is 0.422 e. The molecule has 0 aliphatic carbocycles. The Labute approximate surface area is 198 Å². The van der Waals surface area contributed by atoms with Crippen LogP contribution < -0.4 is 0 Å². The maximum atomic E-state index is 14.0. The molecular formula is C28H26N2O4. The summed E-state index contributed by atoms with van der Waals surface area (Å²) < 4.78 is 5.77. The first-order chi connectivity index (χ1) is 16.5. The average Bonchev–Trinajstić information content (AvgIpc) is 3.13. The van der Waals surface area contributed by atoms with Gasteiger partial charge in [-0.25, -0.2) is 9.69 Å². The third-order valence-electron chi connectivity index (χ3n) is 6.75. The van der Waals surface area contributed by atoms with Crippen molar-refractivity contribution in [1.82, 2.24) is 9.80 Å². The summed E-state index contributed by atoms with van der Waals surface area (Å²) in [7, 11) is 0. The SMILES string of the molecule is C[C@H](c1ccccc1)N1C(=O)OC(Cc2ccccc2)(C(=O)N2CCc3ccccc3C2)C1=O. The van der Waals surface area contributed by atoms with Gasteiger partial charge in [0.05, 0.1) is 6.04 Å². The van der Waals surface area contributed by atoms with Crippen LogP contribution >= 0.6 is 0 Å². The molecule has 0 saturated carbocycles. The molecule has 0 radical (unpaired) electrons. The number of rotatable bonds is 5. The van der Waals surface area contributed by atoms with Crippen LogP contribution in [0.1, 0.15) is 35.2 Å². The summed E-state index contributed by atoms with van der Waals surface area (Å²) in [5.41, 5.74) is 1.86. The Morgan fingerprint density at radius 1 is 0.912 bits per heavy atom. The molecule has 2 aliphatic rings. The van der Waals surface area contributed by atoms with Gasteiger partial charge in [0.1, 0.15) is 0 Å². The molecule has 0 spiro atoms. The first-order valence-corrected chi connectivity index (χ1v) is 11.5. The molecule has 0 bridgehead atoms. The first kappa shape index (κ1) is 21.9. The number of benzene rings is 3. The second-order valence-corrected chi connectivity index (χ2v) is 8.86. The molecule has 34 heavy (non-hydrogen) atoms. The van der Waals surface area contributed by atoms with Crippen molar-refractivity contribution in [3.05, 3.63) is 107 Å². The van der Waals surface area contributed by atoms with Gasteiger partial charge < -0.3 is 9.64 Å². The Balaban J connectivity index is 1.51. The van der Waals surface area contributed by atoms with E-state index in [0.29, 0.717) is 19.5 Å². The molecule has 3 aromatic carbocycles. The molecule has 6 heteroatoms. The normalized spacial score (nSPS) is 20.6. The van der Waals surface area contributed by atoms with Gasteiger partial charge in [-0.1, -0.05) is 84.9 Å². The highest BCUT2D eigenvalue weighted by atomic mass is 16.6. The van der Waals surface area contributed by atoms with E-state index in [1.54, 1.807) is 11.8 Å². The van der Waals surface area contributed by atoms with E-state index in [1.165, 1.54) is 5.56 Å². The number of hydrogen-bond donors (Lipinski definition) is 0. The second kappa shape index (κ2) is 8.78. The highest BCUT2D eigenvalue weighted by Crippen LogP contribution is 2.37. The van der Waals surface area contributed by atoms with Gasteiger partial charge in [0.15, 0.2) is 0 Å².